The van der Waals surface area contributed by atoms with Crippen molar-refractivity contribution in [2.24, 2.45) is 5.92 Å². The van der Waals surface area contributed by atoms with Crippen LogP contribution in [0.1, 0.15) is 52.0 Å². The highest BCUT2D eigenvalue weighted by molar-refractivity contribution is 6.30. The molecule has 0 aliphatic carbocycles. The summed E-state index contributed by atoms with van der Waals surface area (Å²) >= 11 is 6.37. The number of rotatable bonds is 7. The number of anilines is 1. The van der Waals surface area contributed by atoms with Gasteiger partial charge in [0.1, 0.15) is 5.60 Å². The van der Waals surface area contributed by atoms with Gasteiger partial charge in [-0.3, -0.25) is 14.6 Å². The number of hydrogen-bond acceptors (Lipinski definition) is 7. The Morgan fingerprint density at radius 1 is 0.911 bits per heavy atom. The van der Waals surface area contributed by atoms with Gasteiger partial charge < -0.3 is 19.3 Å². The molecule has 0 aromatic heterocycles. The number of alkyl halides is 6. The molecule has 1 atom stereocenters. The van der Waals surface area contributed by atoms with Crippen LogP contribution in [0.2, 0.25) is 5.02 Å². The summed E-state index contributed by atoms with van der Waals surface area (Å²) in [7, 11) is 0. The van der Waals surface area contributed by atoms with Crippen molar-refractivity contribution in [3.05, 3.63) is 28.8 Å². The number of amides is 1. The van der Waals surface area contributed by atoms with Gasteiger partial charge in [0, 0.05) is 62.6 Å². The van der Waals surface area contributed by atoms with Crippen LogP contribution in [-0.4, -0.2) is 109 Å². The summed E-state index contributed by atoms with van der Waals surface area (Å²) in [6.07, 6.45) is -13.4. The summed E-state index contributed by atoms with van der Waals surface area (Å²) in [6, 6.07) is 5.93. The van der Waals surface area contributed by atoms with E-state index < -0.39 is 30.2 Å². The van der Waals surface area contributed by atoms with Crippen molar-refractivity contribution in [1.82, 2.24) is 14.7 Å². The van der Waals surface area contributed by atoms with E-state index in [2.05, 4.69) is 14.5 Å². The van der Waals surface area contributed by atoms with Crippen molar-refractivity contribution >= 4 is 29.4 Å². The molecule has 8 nitrogen and oxygen atoms in total. The Bertz CT molecular complexity index is 1160. The second-order valence-electron chi connectivity index (χ2n) is 13.0. The zero-order chi connectivity index (χ0) is 33.2. The number of piperidine rings is 1. The minimum Gasteiger partial charge on any atom is -0.459 e. The summed E-state index contributed by atoms with van der Waals surface area (Å²) in [5.74, 6) is 0.232. The largest absolute Gasteiger partial charge is 0.459 e. The molecule has 4 rings (SSSR count). The van der Waals surface area contributed by atoms with Gasteiger partial charge in [0.25, 0.3) is 6.10 Å². The number of hydrogen-bond donors (Lipinski definition) is 0. The number of carbonyl (C=O) groups is 2. The minimum absolute atomic E-state index is 0.0726. The molecule has 254 valence electrons. The standard InChI is InChI=1S/C30H41ClF6N4O4/c1-28(2,3)45-25(42)19-41-10-4-5-23(41)20-8-11-39(12-9-20)24-17-22(31)7-6-21(24)18-38-13-15-40(16-14-38)27(43)44-26(29(32,33)34)30(35,36)37/h6-7,17,20,23,26H,4-5,8-16,18-19H2,1-3H3. The zero-order valence-corrected chi connectivity index (χ0v) is 26.5. The maximum atomic E-state index is 12.8. The molecule has 1 amide bonds. The Morgan fingerprint density at radius 3 is 2.11 bits per heavy atom. The normalized spacial score (nSPS) is 21.4. The molecule has 0 saturated carbocycles. The number of ether oxygens (including phenoxy) is 2. The third-order valence-corrected chi connectivity index (χ3v) is 8.71. The number of carbonyl (C=O) groups excluding carboxylic acids is 2. The fourth-order valence-corrected chi connectivity index (χ4v) is 6.60. The van der Waals surface area contributed by atoms with Crippen molar-refractivity contribution in [1.29, 1.82) is 0 Å². The summed E-state index contributed by atoms with van der Waals surface area (Å²) in [6.45, 7) is 9.16. The van der Waals surface area contributed by atoms with Crippen molar-refractivity contribution in [2.45, 2.75) is 83.1 Å². The number of esters is 1. The first-order valence-electron chi connectivity index (χ1n) is 15.2. The van der Waals surface area contributed by atoms with Gasteiger partial charge in [0.2, 0.25) is 0 Å². The second kappa shape index (κ2) is 14.1. The molecule has 3 heterocycles. The van der Waals surface area contributed by atoms with E-state index in [4.69, 9.17) is 16.3 Å². The van der Waals surface area contributed by atoms with Crippen molar-refractivity contribution in [3.8, 4) is 0 Å². The van der Waals surface area contributed by atoms with Crippen LogP contribution >= 0.6 is 11.6 Å². The predicted molar refractivity (Wildman–Crippen MR) is 156 cm³/mol. The van der Waals surface area contributed by atoms with E-state index in [1.54, 1.807) is 6.07 Å². The Hall–Kier alpha value is -2.45. The van der Waals surface area contributed by atoms with E-state index in [9.17, 15) is 35.9 Å². The smallest absolute Gasteiger partial charge is 0.434 e. The Labute approximate surface area is 264 Å². The molecule has 3 aliphatic heterocycles. The van der Waals surface area contributed by atoms with Crippen molar-refractivity contribution < 1.29 is 45.4 Å². The Kier molecular flexibility index (Phi) is 11.1. The molecular weight excluding hydrogens is 630 g/mol. The fourth-order valence-electron chi connectivity index (χ4n) is 6.44. The Morgan fingerprint density at radius 2 is 1.53 bits per heavy atom. The quantitative estimate of drug-likeness (QED) is 0.256. The van der Waals surface area contributed by atoms with Gasteiger partial charge in [-0.1, -0.05) is 17.7 Å². The van der Waals surface area contributed by atoms with E-state index in [0.717, 1.165) is 61.5 Å². The van der Waals surface area contributed by atoms with Gasteiger partial charge in [-0.15, -0.1) is 0 Å². The van der Waals surface area contributed by atoms with Gasteiger partial charge >= 0.3 is 24.4 Å². The first-order chi connectivity index (χ1) is 20.9. The molecule has 1 aromatic rings. The van der Waals surface area contributed by atoms with Gasteiger partial charge in [0.05, 0.1) is 6.54 Å². The summed E-state index contributed by atoms with van der Waals surface area (Å²) in [4.78, 5) is 32.0. The second-order valence-corrected chi connectivity index (χ2v) is 13.4. The number of benzene rings is 1. The summed E-state index contributed by atoms with van der Waals surface area (Å²) < 4.78 is 86.3. The lowest BCUT2D eigenvalue weighted by molar-refractivity contribution is -0.308. The molecule has 3 saturated heterocycles. The van der Waals surface area contributed by atoms with E-state index in [1.807, 2.05) is 37.8 Å². The molecule has 3 aliphatic rings. The number of piperazine rings is 1. The Balaban J connectivity index is 1.31. The minimum atomic E-state index is -5.76. The fraction of sp³-hybridized carbons (Fsp3) is 0.733. The molecule has 1 aromatic carbocycles. The summed E-state index contributed by atoms with van der Waals surface area (Å²) in [5, 5.41) is 0.576. The molecule has 3 fully saturated rings. The van der Waals surface area contributed by atoms with Crippen LogP contribution in [0.5, 0.6) is 0 Å². The van der Waals surface area contributed by atoms with E-state index >= 15 is 0 Å². The monoisotopic (exact) mass is 670 g/mol. The lowest BCUT2D eigenvalue weighted by Gasteiger charge is -2.40. The van der Waals surface area contributed by atoms with Gasteiger partial charge in [-0.25, -0.2) is 4.79 Å². The van der Waals surface area contributed by atoms with Crippen molar-refractivity contribution in [2.75, 3.05) is 57.3 Å². The number of nitrogens with zero attached hydrogens (tertiary/aromatic N) is 4. The van der Waals surface area contributed by atoms with Crippen LogP contribution < -0.4 is 4.90 Å². The molecule has 1 unspecified atom stereocenters. The highest BCUT2D eigenvalue weighted by Gasteiger charge is 2.60. The van der Waals surface area contributed by atoms with Crippen LogP contribution in [0.3, 0.4) is 0 Å². The lowest BCUT2D eigenvalue weighted by Crippen LogP contribution is -2.52. The van der Waals surface area contributed by atoms with Gasteiger partial charge in [-0.05, 0) is 76.6 Å². The van der Waals surface area contributed by atoms with Crippen LogP contribution in [0.15, 0.2) is 18.2 Å². The van der Waals surface area contributed by atoms with Gasteiger partial charge in [0.15, 0.2) is 0 Å². The van der Waals surface area contributed by atoms with Crippen LogP contribution in [0, 0.1) is 5.92 Å². The zero-order valence-electron chi connectivity index (χ0n) is 25.7. The van der Waals surface area contributed by atoms with E-state index in [-0.39, 0.29) is 38.7 Å². The highest BCUT2D eigenvalue weighted by atomic mass is 35.5. The highest BCUT2D eigenvalue weighted by Crippen LogP contribution is 2.37. The average molecular weight is 671 g/mol. The number of likely N-dealkylation sites (tertiary alicyclic amines) is 1. The molecule has 15 heteroatoms. The average Bonchev–Trinajstić information content (AvgIpc) is 3.38. The van der Waals surface area contributed by atoms with Crippen LogP contribution in [-0.2, 0) is 20.8 Å². The predicted octanol–water partition coefficient (Wildman–Crippen LogP) is 6.11. The molecular formula is C30H41ClF6N4O4. The molecule has 45 heavy (non-hydrogen) atoms. The van der Waals surface area contributed by atoms with Gasteiger partial charge in [-0.2, -0.15) is 26.3 Å². The molecule has 0 radical (unpaired) electrons. The third kappa shape index (κ3) is 9.77. The van der Waals surface area contributed by atoms with E-state index in [1.165, 1.54) is 0 Å². The van der Waals surface area contributed by atoms with Crippen LogP contribution in [0.4, 0.5) is 36.8 Å². The molecule has 0 N–H and O–H groups in total. The molecule has 0 spiro atoms. The molecule has 0 bridgehead atoms. The maximum absolute atomic E-state index is 12.8. The van der Waals surface area contributed by atoms with Crippen LogP contribution in [0.25, 0.3) is 0 Å². The first kappa shape index (κ1) is 35.4. The SMILES string of the molecule is CC(C)(C)OC(=O)CN1CCCC1C1CCN(c2cc(Cl)ccc2CN2CCN(C(=O)OC(C(F)(F)F)C(F)(F)F)CC2)CC1. The topological polar surface area (TPSA) is 65.6 Å². The maximum Gasteiger partial charge on any atom is 0.434 e. The van der Waals surface area contributed by atoms with E-state index in [0.29, 0.717) is 23.5 Å². The lowest BCUT2D eigenvalue weighted by atomic mass is 9.87. The third-order valence-electron chi connectivity index (χ3n) is 8.48. The summed E-state index contributed by atoms with van der Waals surface area (Å²) in [5.41, 5.74) is 1.43. The first-order valence-corrected chi connectivity index (χ1v) is 15.6. The number of halogens is 7. The van der Waals surface area contributed by atoms with Crippen molar-refractivity contribution in [3.63, 3.8) is 0 Å².